The number of nitrogens with zero attached hydrogens (tertiary/aromatic N) is 4. The minimum absolute atomic E-state index is 0.169. The summed E-state index contributed by atoms with van der Waals surface area (Å²) in [5.41, 5.74) is 1.90. The summed E-state index contributed by atoms with van der Waals surface area (Å²) >= 11 is 5.93. The second kappa shape index (κ2) is 6.90. The number of fused-ring (bicyclic) bond motifs is 2. The Morgan fingerprint density at radius 3 is 2.89 bits per heavy atom. The number of benzene rings is 2. The number of azo groups is 1. The summed E-state index contributed by atoms with van der Waals surface area (Å²) in [4.78, 5) is 31.6. The molecule has 0 atom stereocenters. The van der Waals surface area contributed by atoms with E-state index in [1.807, 2.05) is 19.1 Å². The number of H-pyrrole nitrogens is 1. The van der Waals surface area contributed by atoms with Gasteiger partial charge in [-0.2, -0.15) is 0 Å². The van der Waals surface area contributed by atoms with Gasteiger partial charge in [0.15, 0.2) is 5.69 Å². The number of rotatable bonds is 3. The predicted octanol–water partition coefficient (Wildman–Crippen LogP) is 3.86. The molecule has 0 aliphatic rings. The van der Waals surface area contributed by atoms with Crippen molar-refractivity contribution < 1.29 is 9.90 Å². The van der Waals surface area contributed by atoms with E-state index in [9.17, 15) is 14.7 Å². The Balaban J connectivity index is 1.63. The number of hydrogen-bond donors (Lipinski definition) is 2. The molecule has 28 heavy (non-hydrogen) atoms. The van der Waals surface area contributed by atoms with Crippen LogP contribution in [0, 0.1) is 6.92 Å². The summed E-state index contributed by atoms with van der Waals surface area (Å²) in [7, 11) is 0. The average Bonchev–Trinajstić information content (AvgIpc) is 2.97. The number of carbonyl (C=O) groups is 1. The molecule has 0 radical (unpaired) electrons. The lowest BCUT2D eigenvalue weighted by Gasteiger charge is -2.04. The van der Waals surface area contributed by atoms with Crippen LogP contribution in [0.3, 0.4) is 0 Å². The number of amides is 1. The minimum atomic E-state index is -0.660. The molecule has 8 nitrogen and oxygen atoms in total. The minimum Gasteiger partial charge on any atom is -0.493 e. The van der Waals surface area contributed by atoms with Crippen molar-refractivity contribution in [2.24, 2.45) is 10.2 Å². The molecule has 0 fully saturated rings. The van der Waals surface area contributed by atoms with Crippen LogP contribution in [0.1, 0.15) is 5.56 Å². The van der Waals surface area contributed by atoms with Gasteiger partial charge < -0.3 is 10.1 Å². The van der Waals surface area contributed by atoms with Crippen molar-refractivity contribution in [2.75, 3.05) is 0 Å². The molecule has 0 unspecified atom stereocenters. The first kappa shape index (κ1) is 17.9. The van der Waals surface area contributed by atoms with Crippen molar-refractivity contribution >= 4 is 45.0 Å². The standard InChI is InChI=1S/C19H14ClN5O3/c1-10-2-4-15-12(6-10)17(18(27)22-15)24-23-16(26)8-25-9-21-14-5-3-11(20)7-13(14)19(25)28/h2-7,9,22,27H,8H2,1H3. The van der Waals surface area contributed by atoms with Gasteiger partial charge in [-0.15, -0.1) is 10.2 Å². The number of aromatic hydroxyl groups is 1. The van der Waals surface area contributed by atoms with Crippen LogP contribution in [-0.2, 0) is 11.3 Å². The van der Waals surface area contributed by atoms with E-state index in [-0.39, 0.29) is 18.1 Å². The van der Waals surface area contributed by atoms with Crippen LogP contribution >= 0.6 is 11.6 Å². The zero-order valence-corrected chi connectivity index (χ0v) is 15.4. The fourth-order valence-corrected chi connectivity index (χ4v) is 3.08. The summed E-state index contributed by atoms with van der Waals surface area (Å²) in [5, 5.41) is 18.9. The molecule has 4 rings (SSSR count). The molecule has 0 spiro atoms. The van der Waals surface area contributed by atoms with E-state index in [1.54, 1.807) is 18.2 Å². The Labute approximate surface area is 163 Å². The molecule has 0 saturated carbocycles. The highest BCUT2D eigenvalue weighted by molar-refractivity contribution is 6.31. The molecule has 2 aromatic heterocycles. The van der Waals surface area contributed by atoms with E-state index in [0.717, 1.165) is 10.1 Å². The van der Waals surface area contributed by atoms with Gasteiger partial charge >= 0.3 is 0 Å². The van der Waals surface area contributed by atoms with Gasteiger partial charge in [-0.3, -0.25) is 14.2 Å². The van der Waals surface area contributed by atoms with Crippen LogP contribution in [0.2, 0.25) is 5.02 Å². The van der Waals surface area contributed by atoms with Crippen LogP contribution in [0.15, 0.2) is 57.7 Å². The van der Waals surface area contributed by atoms with Crippen molar-refractivity contribution in [3.05, 3.63) is 63.7 Å². The van der Waals surface area contributed by atoms with E-state index in [0.29, 0.717) is 26.8 Å². The van der Waals surface area contributed by atoms with Gasteiger partial charge in [-0.1, -0.05) is 23.2 Å². The predicted molar refractivity (Wildman–Crippen MR) is 105 cm³/mol. The lowest BCUT2D eigenvalue weighted by molar-refractivity contribution is -0.118. The lowest BCUT2D eigenvalue weighted by atomic mass is 10.2. The van der Waals surface area contributed by atoms with Crippen LogP contribution in [-0.4, -0.2) is 25.5 Å². The highest BCUT2D eigenvalue weighted by atomic mass is 35.5. The third-order valence-electron chi connectivity index (χ3n) is 4.26. The van der Waals surface area contributed by atoms with E-state index < -0.39 is 11.5 Å². The number of nitrogens with one attached hydrogen (secondary N) is 1. The fraction of sp³-hybridized carbons (Fsp3) is 0.105. The molecule has 2 N–H and O–H groups in total. The number of halogens is 1. The maximum absolute atomic E-state index is 12.5. The Morgan fingerprint density at radius 1 is 1.25 bits per heavy atom. The normalized spacial score (nSPS) is 11.6. The third kappa shape index (κ3) is 3.25. The van der Waals surface area contributed by atoms with Crippen LogP contribution in [0.25, 0.3) is 21.8 Å². The molecule has 4 aromatic rings. The van der Waals surface area contributed by atoms with E-state index in [2.05, 4.69) is 20.2 Å². The molecular weight excluding hydrogens is 382 g/mol. The summed E-state index contributed by atoms with van der Waals surface area (Å²) < 4.78 is 1.14. The van der Waals surface area contributed by atoms with Crippen molar-refractivity contribution in [3.63, 3.8) is 0 Å². The SMILES string of the molecule is Cc1ccc2[nH]c(O)c(N=NC(=O)Cn3cnc4ccc(Cl)cc4c3=O)c2c1. The van der Waals surface area contributed by atoms with Crippen LogP contribution in [0.4, 0.5) is 5.69 Å². The van der Waals surface area contributed by atoms with E-state index in [1.165, 1.54) is 12.4 Å². The first-order chi connectivity index (χ1) is 13.4. The number of hydrogen-bond acceptors (Lipinski definition) is 5. The third-order valence-corrected chi connectivity index (χ3v) is 4.50. The summed E-state index contributed by atoms with van der Waals surface area (Å²) in [6, 6.07) is 10.3. The van der Waals surface area contributed by atoms with Crippen LogP contribution in [0.5, 0.6) is 5.88 Å². The van der Waals surface area contributed by atoms with Crippen molar-refractivity contribution in [3.8, 4) is 5.88 Å². The largest absolute Gasteiger partial charge is 0.493 e. The lowest BCUT2D eigenvalue weighted by Crippen LogP contribution is -2.23. The van der Waals surface area contributed by atoms with Gasteiger partial charge in [0.2, 0.25) is 5.88 Å². The topological polar surface area (TPSA) is 113 Å². The Morgan fingerprint density at radius 2 is 2.07 bits per heavy atom. The van der Waals surface area contributed by atoms with E-state index >= 15 is 0 Å². The quantitative estimate of drug-likeness (QED) is 0.513. The molecule has 2 aromatic carbocycles. The Hall–Kier alpha value is -3.52. The highest BCUT2D eigenvalue weighted by Crippen LogP contribution is 2.35. The molecule has 2 heterocycles. The van der Waals surface area contributed by atoms with Gasteiger partial charge in [0, 0.05) is 10.4 Å². The smallest absolute Gasteiger partial charge is 0.284 e. The van der Waals surface area contributed by atoms with Gasteiger partial charge in [-0.25, -0.2) is 4.98 Å². The monoisotopic (exact) mass is 395 g/mol. The van der Waals surface area contributed by atoms with Gasteiger partial charge in [0.05, 0.1) is 22.7 Å². The van der Waals surface area contributed by atoms with Crippen molar-refractivity contribution in [1.29, 1.82) is 0 Å². The van der Waals surface area contributed by atoms with Crippen molar-refractivity contribution in [1.82, 2.24) is 14.5 Å². The molecule has 140 valence electrons. The molecular formula is C19H14ClN5O3. The number of carbonyl (C=O) groups excluding carboxylic acids is 1. The first-order valence-electron chi connectivity index (χ1n) is 8.33. The molecule has 0 aliphatic heterocycles. The summed E-state index contributed by atoms with van der Waals surface area (Å²) in [6.45, 7) is 1.57. The van der Waals surface area contributed by atoms with Gasteiger partial charge in [-0.05, 0) is 37.3 Å². The maximum Gasteiger partial charge on any atom is 0.284 e. The van der Waals surface area contributed by atoms with E-state index in [4.69, 9.17) is 11.6 Å². The van der Waals surface area contributed by atoms with Crippen molar-refractivity contribution in [2.45, 2.75) is 13.5 Å². The molecule has 9 heteroatoms. The molecule has 0 aliphatic carbocycles. The Kier molecular flexibility index (Phi) is 4.40. The zero-order chi connectivity index (χ0) is 19.8. The van der Waals surface area contributed by atoms with Gasteiger partial charge in [0.1, 0.15) is 6.54 Å². The second-order valence-corrected chi connectivity index (χ2v) is 6.74. The average molecular weight is 396 g/mol. The molecule has 0 bridgehead atoms. The zero-order valence-electron chi connectivity index (χ0n) is 14.7. The van der Waals surface area contributed by atoms with Crippen LogP contribution < -0.4 is 5.56 Å². The summed E-state index contributed by atoms with van der Waals surface area (Å²) in [5.74, 6) is -0.844. The number of aryl methyl sites for hydroxylation is 1. The number of aromatic nitrogens is 3. The molecule has 0 saturated heterocycles. The fourth-order valence-electron chi connectivity index (χ4n) is 2.91. The molecule has 1 amide bonds. The highest BCUT2D eigenvalue weighted by Gasteiger charge is 2.12. The first-order valence-corrected chi connectivity index (χ1v) is 8.71. The number of aromatic amines is 1. The maximum atomic E-state index is 12.5. The summed E-state index contributed by atoms with van der Waals surface area (Å²) in [6.07, 6.45) is 1.28. The second-order valence-electron chi connectivity index (χ2n) is 6.30. The Bertz CT molecular complexity index is 1320. The van der Waals surface area contributed by atoms with Gasteiger partial charge in [0.25, 0.3) is 11.5 Å².